The van der Waals surface area contributed by atoms with E-state index in [4.69, 9.17) is 17.7 Å². The van der Waals surface area contributed by atoms with Gasteiger partial charge in [-0.15, -0.1) is 0 Å². The first-order valence-electron chi connectivity index (χ1n) is 7.16. The topological polar surface area (TPSA) is 115 Å². The van der Waals surface area contributed by atoms with Crippen LogP contribution in [0.15, 0.2) is 35.4 Å². The number of hydrogen-bond donors (Lipinski definition) is 2. The number of nitrogens with one attached hydrogen (secondary N) is 1. The molecule has 0 spiro atoms. The fraction of sp³-hybridized carbons (Fsp3) is 0.400. The predicted molar refractivity (Wildman–Crippen MR) is 90.4 cm³/mol. The van der Waals surface area contributed by atoms with Gasteiger partial charge in [0, 0.05) is 29.9 Å². The Labute approximate surface area is 139 Å². The van der Waals surface area contributed by atoms with Crippen LogP contribution in [0.4, 0.5) is 0 Å². The molecule has 0 aliphatic heterocycles. The Morgan fingerprint density at radius 2 is 2.00 bits per heavy atom. The molecule has 122 valence electrons. The Bertz CT molecular complexity index is 600. The number of amides is 1. The molecule has 0 radical (unpaired) electrons. The average molecular weight is 334 g/mol. The molecule has 1 aromatic carbocycles. The third-order valence-corrected chi connectivity index (χ3v) is 3.38. The Kier molecular flexibility index (Phi) is 8.34. The first-order valence-corrected chi connectivity index (χ1v) is 7.56. The van der Waals surface area contributed by atoms with Crippen molar-refractivity contribution in [2.45, 2.75) is 31.7 Å². The number of aliphatic hydroxyl groups excluding tert-OH is 1. The summed E-state index contributed by atoms with van der Waals surface area (Å²) in [4.78, 5) is 26.5. The number of nitrogens with zero attached hydrogens (tertiary/aromatic N) is 3. The number of carbonyl (C=O) groups excluding carboxylic acids is 2. The highest BCUT2D eigenvalue weighted by atomic mass is 32.1. The van der Waals surface area contributed by atoms with Crippen molar-refractivity contribution in [3.8, 4) is 0 Å². The molecular formula is C15H18N4O3S. The van der Waals surface area contributed by atoms with Crippen LogP contribution in [0.25, 0.3) is 10.4 Å². The zero-order valence-electron chi connectivity index (χ0n) is 12.5. The van der Waals surface area contributed by atoms with Crippen molar-refractivity contribution in [3.63, 3.8) is 0 Å². The van der Waals surface area contributed by atoms with E-state index in [1.54, 1.807) is 30.3 Å². The molecule has 0 saturated heterocycles. The highest BCUT2D eigenvalue weighted by Crippen LogP contribution is 2.07. The molecule has 1 unspecified atom stereocenters. The van der Waals surface area contributed by atoms with E-state index in [0.717, 1.165) is 0 Å². The van der Waals surface area contributed by atoms with E-state index in [-0.39, 0.29) is 24.5 Å². The molecule has 1 amide bonds. The number of hydrogen-bond acceptors (Lipinski definition) is 4. The molecule has 0 aliphatic carbocycles. The molecule has 23 heavy (non-hydrogen) atoms. The van der Waals surface area contributed by atoms with Gasteiger partial charge in [0.2, 0.25) is 5.91 Å². The van der Waals surface area contributed by atoms with Crippen LogP contribution >= 0.6 is 12.2 Å². The second-order valence-corrected chi connectivity index (χ2v) is 5.28. The lowest BCUT2D eigenvalue weighted by Gasteiger charge is -2.15. The molecule has 1 atom stereocenters. The van der Waals surface area contributed by atoms with Crippen LogP contribution in [0.1, 0.15) is 36.0 Å². The van der Waals surface area contributed by atoms with Crippen molar-refractivity contribution in [3.05, 3.63) is 46.3 Å². The maximum absolute atomic E-state index is 12.1. The Hall–Kier alpha value is -2.44. The molecule has 1 aromatic rings. The largest absolute Gasteiger partial charge is 0.500 e. The molecule has 0 saturated carbocycles. The summed E-state index contributed by atoms with van der Waals surface area (Å²) in [6, 6.07) is 7.71. The fourth-order valence-corrected chi connectivity index (χ4v) is 2.05. The molecule has 0 bridgehead atoms. The van der Waals surface area contributed by atoms with Gasteiger partial charge in [0.25, 0.3) is 0 Å². The van der Waals surface area contributed by atoms with E-state index in [0.29, 0.717) is 24.9 Å². The van der Waals surface area contributed by atoms with E-state index in [2.05, 4.69) is 15.3 Å². The van der Waals surface area contributed by atoms with Crippen molar-refractivity contribution >= 4 is 29.0 Å². The molecule has 2 N–H and O–H groups in total. The standard InChI is InChI=1S/C15H18N4O3S/c16-19-17-9-5-4-8-14(21)18-12(15(22)23)10-13(20)11-6-2-1-3-7-11/h1-3,6-7,12H,4-5,8-10H2,(H,18,21)(H,22,23). The van der Waals surface area contributed by atoms with Gasteiger partial charge in [0.05, 0.1) is 0 Å². The zero-order valence-corrected chi connectivity index (χ0v) is 13.3. The number of ketones is 1. The Morgan fingerprint density at radius 3 is 2.61 bits per heavy atom. The highest BCUT2D eigenvalue weighted by Gasteiger charge is 2.20. The van der Waals surface area contributed by atoms with Gasteiger partial charge in [-0.05, 0) is 30.6 Å². The van der Waals surface area contributed by atoms with Crippen LogP contribution in [0.5, 0.6) is 0 Å². The summed E-state index contributed by atoms with van der Waals surface area (Å²) < 4.78 is 0. The smallest absolute Gasteiger partial charge is 0.220 e. The molecule has 8 heteroatoms. The molecule has 7 nitrogen and oxygen atoms in total. The molecular weight excluding hydrogens is 316 g/mol. The molecule has 1 rings (SSSR count). The summed E-state index contributed by atoms with van der Waals surface area (Å²) in [6.07, 6.45) is 1.25. The van der Waals surface area contributed by atoms with Crippen molar-refractivity contribution < 1.29 is 14.7 Å². The first-order chi connectivity index (χ1) is 11.0. The van der Waals surface area contributed by atoms with E-state index in [1.165, 1.54) is 0 Å². The number of azide groups is 1. The van der Waals surface area contributed by atoms with Gasteiger partial charge in [0.1, 0.15) is 6.04 Å². The Balaban J connectivity index is 2.48. The maximum Gasteiger partial charge on any atom is 0.220 e. The number of benzene rings is 1. The van der Waals surface area contributed by atoms with Crippen LogP contribution in [0, 0.1) is 0 Å². The molecule has 0 aliphatic rings. The van der Waals surface area contributed by atoms with Gasteiger partial charge in [-0.1, -0.05) is 35.4 Å². The first kappa shape index (κ1) is 18.6. The number of aliphatic hydroxyl groups is 1. The second kappa shape index (κ2) is 10.3. The summed E-state index contributed by atoms with van der Waals surface area (Å²) in [5.74, 6) is -0.524. The number of rotatable bonds is 10. The van der Waals surface area contributed by atoms with E-state index in [1.807, 2.05) is 0 Å². The lowest BCUT2D eigenvalue weighted by Crippen LogP contribution is -2.41. The average Bonchev–Trinajstić information content (AvgIpc) is 2.54. The predicted octanol–water partition coefficient (Wildman–Crippen LogP) is 3.11. The second-order valence-electron chi connectivity index (χ2n) is 4.86. The fourth-order valence-electron chi connectivity index (χ4n) is 1.91. The van der Waals surface area contributed by atoms with Crippen molar-refractivity contribution in [2.24, 2.45) is 5.11 Å². The molecule has 0 fully saturated rings. The summed E-state index contributed by atoms with van der Waals surface area (Å²) in [5.41, 5.74) is 8.64. The van der Waals surface area contributed by atoms with Crippen LogP contribution in [0.2, 0.25) is 0 Å². The van der Waals surface area contributed by atoms with E-state index in [9.17, 15) is 14.7 Å². The van der Waals surface area contributed by atoms with E-state index >= 15 is 0 Å². The van der Waals surface area contributed by atoms with Gasteiger partial charge in [-0.2, -0.15) is 0 Å². The number of carbonyl (C=O) groups is 2. The summed E-state index contributed by atoms with van der Waals surface area (Å²) in [6.45, 7) is 0.331. The highest BCUT2D eigenvalue weighted by molar-refractivity contribution is 7.80. The minimum atomic E-state index is -0.887. The lowest BCUT2D eigenvalue weighted by molar-refractivity contribution is -0.121. The number of Topliss-reactive ketones (excluding diaryl/α,β-unsaturated/α-hetero) is 1. The van der Waals surface area contributed by atoms with Gasteiger partial charge >= 0.3 is 0 Å². The summed E-state index contributed by atoms with van der Waals surface area (Å²) in [7, 11) is 0. The maximum atomic E-state index is 12.1. The van der Waals surface area contributed by atoms with Crippen LogP contribution in [-0.4, -0.2) is 34.4 Å². The zero-order chi connectivity index (χ0) is 17.1. The monoisotopic (exact) mass is 334 g/mol. The van der Waals surface area contributed by atoms with Crippen molar-refractivity contribution in [2.75, 3.05) is 6.54 Å². The molecule has 0 heterocycles. The van der Waals surface area contributed by atoms with Crippen molar-refractivity contribution in [1.82, 2.24) is 5.32 Å². The van der Waals surface area contributed by atoms with Gasteiger partial charge in [-0.3, -0.25) is 9.59 Å². The number of unbranched alkanes of at least 4 members (excludes halogenated alkanes) is 1. The normalized spacial score (nSPS) is 11.1. The van der Waals surface area contributed by atoms with Gasteiger partial charge in [-0.25, -0.2) is 0 Å². The Morgan fingerprint density at radius 1 is 1.30 bits per heavy atom. The number of thiocarbonyl (C=S) groups is 1. The van der Waals surface area contributed by atoms with Crippen LogP contribution < -0.4 is 5.32 Å². The van der Waals surface area contributed by atoms with Crippen LogP contribution in [0.3, 0.4) is 0 Å². The van der Waals surface area contributed by atoms with Gasteiger partial charge in [0.15, 0.2) is 10.8 Å². The minimum absolute atomic E-state index is 0.0934. The van der Waals surface area contributed by atoms with Crippen molar-refractivity contribution in [1.29, 1.82) is 0 Å². The third-order valence-electron chi connectivity index (χ3n) is 3.09. The summed E-state index contributed by atoms with van der Waals surface area (Å²) >= 11 is 4.71. The quantitative estimate of drug-likeness (QED) is 0.171. The van der Waals surface area contributed by atoms with E-state index < -0.39 is 11.1 Å². The molecule has 0 aromatic heterocycles. The third kappa shape index (κ3) is 7.39. The summed E-state index contributed by atoms with van der Waals surface area (Å²) in [5, 5.41) is 15.0. The minimum Gasteiger partial charge on any atom is -0.500 e. The van der Waals surface area contributed by atoms with Gasteiger partial charge < -0.3 is 10.4 Å². The van der Waals surface area contributed by atoms with Crippen LogP contribution in [-0.2, 0) is 4.79 Å². The SMILES string of the molecule is [N-]=[N+]=NCCCCC(=O)NC(CC(=O)c1ccccc1)C(O)=S. The lowest BCUT2D eigenvalue weighted by atomic mass is 10.0.